The monoisotopic (exact) mass is 348 g/mol. The molecule has 1 aliphatic heterocycles. The van der Waals surface area contributed by atoms with Gasteiger partial charge in [-0.3, -0.25) is 4.68 Å². The van der Waals surface area contributed by atoms with Gasteiger partial charge in [-0.05, 0) is 37.8 Å². The highest BCUT2D eigenvalue weighted by Gasteiger charge is 2.20. The standard InChI is InChI=1S/C18H25ClN4O/c1-13-18(19)17(22(2)21-13)11-20-15-5-3-4-6-16(15)23-9-7-14(12-24)8-10-23/h3-6,14,20,24H,7-12H2,1-2H3. The summed E-state index contributed by atoms with van der Waals surface area (Å²) >= 11 is 6.34. The molecule has 1 saturated heterocycles. The van der Waals surface area contributed by atoms with Gasteiger partial charge in [-0.25, -0.2) is 0 Å². The maximum atomic E-state index is 9.32. The van der Waals surface area contributed by atoms with Gasteiger partial charge in [-0.15, -0.1) is 0 Å². The van der Waals surface area contributed by atoms with Crippen LogP contribution in [0.4, 0.5) is 11.4 Å². The highest BCUT2D eigenvalue weighted by atomic mass is 35.5. The Bertz CT molecular complexity index is 692. The Morgan fingerprint density at radius 2 is 2.00 bits per heavy atom. The highest BCUT2D eigenvalue weighted by molar-refractivity contribution is 6.31. The fourth-order valence-electron chi connectivity index (χ4n) is 3.31. The molecule has 3 rings (SSSR count). The lowest BCUT2D eigenvalue weighted by molar-refractivity contribution is 0.203. The Labute approximate surface area is 148 Å². The van der Waals surface area contributed by atoms with E-state index < -0.39 is 0 Å². The Balaban J connectivity index is 1.73. The molecule has 1 aliphatic rings. The van der Waals surface area contributed by atoms with Crippen molar-refractivity contribution in [2.24, 2.45) is 13.0 Å². The van der Waals surface area contributed by atoms with Crippen molar-refractivity contribution < 1.29 is 5.11 Å². The smallest absolute Gasteiger partial charge is 0.0865 e. The van der Waals surface area contributed by atoms with E-state index in [0.29, 0.717) is 19.1 Å². The predicted octanol–water partition coefficient (Wildman–Crippen LogP) is 3.20. The van der Waals surface area contributed by atoms with Crippen LogP contribution in [0.3, 0.4) is 0 Å². The third kappa shape index (κ3) is 3.52. The number of aliphatic hydroxyl groups excluding tert-OH is 1. The van der Waals surface area contributed by atoms with Gasteiger partial charge in [0.05, 0.1) is 34.3 Å². The number of aromatic nitrogens is 2. The van der Waals surface area contributed by atoms with Crippen LogP contribution in [0.5, 0.6) is 0 Å². The Morgan fingerprint density at radius 1 is 1.29 bits per heavy atom. The van der Waals surface area contributed by atoms with E-state index in [1.54, 1.807) is 0 Å². The van der Waals surface area contributed by atoms with Gasteiger partial charge in [0, 0.05) is 26.7 Å². The van der Waals surface area contributed by atoms with E-state index >= 15 is 0 Å². The van der Waals surface area contributed by atoms with Crippen LogP contribution in [0.15, 0.2) is 24.3 Å². The second-order valence-electron chi connectivity index (χ2n) is 6.45. The van der Waals surface area contributed by atoms with Crippen molar-refractivity contribution in [1.82, 2.24) is 9.78 Å². The summed E-state index contributed by atoms with van der Waals surface area (Å²) in [5, 5.41) is 17.9. The molecule has 2 aromatic rings. The van der Waals surface area contributed by atoms with E-state index in [2.05, 4.69) is 33.5 Å². The summed E-state index contributed by atoms with van der Waals surface area (Å²) in [6.45, 7) is 4.82. The van der Waals surface area contributed by atoms with Gasteiger partial charge in [-0.1, -0.05) is 23.7 Å². The van der Waals surface area contributed by atoms with Gasteiger partial charge in [0.25, 0.3) is 0 Å². The topological polar surface area (TPSA) is 53.3 Å². The Morgan fingerprint density at radius 3 is 2.62 bits per heavy atom. The van der Waals surface area contributed by atoms with Gasteiger partial charge in [-0.2, -0.15) is 5.10 Å². The molecule has 1 aromatic carbocycles. The first-order valence-electron chi connectivity index (χ1n) is 8.46. The van der Waals surface area contributed by atoms with Crippen molar-refractivity contribution in [2.75, 3.05) is 29.9 Å². The second-order valence-corrected chi connectivity index (χ2v) is 6.83. The van der Waals surface area contributed by atoms with Crippen LogP contribution < -0.4 is 10.2 Å². The lowest BCUT2D eigenvalue weighted by Gasteiger charge is -2.34. The summed E-state index contributed by atoms with van der Waals surface area (Å²) in [4.78, 5) is 2.39. The number of piperidine rings is 1. The normalized spacial score (nSPS) is 15.8. The van der Waals surface area contributed by atoms with Gasteiger partial charge in [0.15, 0.2) is 0 Å². The van der Waals surface area contributed by atoms with Crippen molar-refractivity contribution in [3.05, 3.63) is 40.7 Å². The average molecular weight is 349 g/mol. The maximum Gasteiger partial charge on any atom is 0.0865 e. The molecule has 0 amide bonds. The summed E-state index contributed by atoms with van der Waals surface area (Å²) in [6, 6.07) is 8.37. The fourth-order valence-corrected chi connectivity index (χ4v) is 3.53. The van der Waals surface area contributed by atoms with Gasteiger partial charge >= 0.3 is 0 Å². The zero-order valence-corrected chi connectivity index (χ0v) is 15.1. The molecule has 0 saturated carbocycles. The number of para-hydroxylation sites is 2. The number of aryl methyl sites for hydroxylation is 2. The molecule has 5 nitrogen and oxygen atoms in total. The van der Waals surface area contributed by atoms with E-state index in [-0.39, 0.29) is 0 Å². The molecule has 0 radical (unpaired) electrons. The van der Waals surface area contributed by atoms with Crippen LogP contribution in [0.1, 0.15) is 24.2 Å². The molecular weight excluding hydrogens is 324 g/mol. The number of benzene rings is 1. The number of anilines is 2. The number of halogens is 1. The summed E-state index contributed by atoms with van der Waals surface area (Å²) in [7, 11) is 1.92. The minimum atomic E-state index is 0.298. The molecule has 0 spiro atoms. The van der Waals surface area contributed by atoms with E-state index in [4.69, 9.17) is 11.6 Å². The second kappa shape index (κ2) is 7.45. The fraction of sp³-hybridized carbons (Fsp3) is 0.500. The summed E-state index contributed by atoms with van der Waals surface area (Å²) in [6.07, 6.45) is 2.08. The van der Waals surface area contributed by atoms with Crippen molar-refractivity contribution in [3.8, 4) is 0 Å². The van der Waals surface area contributed by atoms with Crippen molar-refractivity contribution in [3.63, 3.8) is 0 Å². The van der Waals surface area contributed by atoms with Crippen LogP contribution in [-0.2, 0) is 13.6 Å². The number of aliphatic hydroxyl groups is 1. The molecule has 0 aliphatic carbocycles. The van der Waals surface area contributed by atoms with Crippen molar-refractivity contribution >= 4 is 23.0 Å². The maximum absolute atomic E-state index is 9.32. The molecule has 0 atom stereocenters. The van der Waals surface area contributed by atoms with Crippen molar-refractivity contribution in [1.29, 1.82) is 0 Å². The lowest BCUT2D eigenvalue weighted by Crippen LogP contribution is -2.35. The summed E-state index contributed by atoms with van der Waals surface area (Å²) in [5.41, 5.74) is 4.16. The van der Waals surface area contributed by atoms with E-state index in [0.717, 1.165) is 48.0 Å². The minimum absolute atomic E-state index is 0.298. The predicted molar refractivity (Wildman–Crippen MR) is 98.7 cm³/mol. The third-order valence-electron chi connectivity index (χ3n) is 4.83. The van der Waals surface area contributed by atoms with Crippen LogP contribution in [0.2, 0.25) is 5.02 Å². The zero-order chi connectivity index (χ0) is 17.1. The van der Waals surface area contributed by atoms with Gasteiger partial charge in [0.2, 0.25) is 0 Å². The number of nitrogens with zero attached hydrogens (tertiary/aromatic N) is 3. The lowest BCUT2D eigenvalue weighted by atomic mass is 9.97. The SMILES string of the molecule is Cc1nn(C)c(CNc2ccccc2N2CCC(CO)CC2)c1Cl. The van der Waals surface area contributed by atoms with Crippen LogP contribution >= 0.6 is 11.6 Å². The van der Waals surface area contributed by atoms with Gasteiger partial charge in [0.1, 0.15) is 0 Å². The number of nitrogens with one attached hydrogen (secondary N) is 1. The van der Waals surface area contributed by atoms with Crippen LogP contribution in [0.25, 0.3) is 0 Å². The molecule has 130 valence electrons. The Hall–Kier alpha value is -1.72. The number of hydrogen-bond acceptors (Lipinski definition) is 4. The van der Waals surface area contributed by atoms with Crippen molar-refractivity contribution in [2.45, 2.75) is 26.3 Å². The third-order valence-corrected chi connectivity index (χ3v) is 5.32. The van der Waals surface area contributed by atoms with Crippen LogP contribution in [0, 0.1) is 12.8 Å². The number of rotatable bonds is 5. The Kier molecular flexibility index (Phi) is 5.31. The first-order valence-corrected chi connectivity index (χ1v) is 8.84. The first-order chi connectivity index (χ1) is 11.6. The van der Waals surface area contributed by atoms with Crippen LogP contribution in [-0.4, -0.2) is 34.6 Å². The number of hydrogen-bond donors (Lipinski definition) is 2. The van der Waals surface area contributed by atoms with E-state index in [1.165, 1.54) is 5.69 Å². The molecule has 0 unspecified atom stereocenters. The van der Waals surface area contributed by atoms with E-state index in [1.807, 2.05) is 24.7 Å². The molecule has 2 heterocycles. The average Bonchev–Trinajstić information content (AvgIpc) is 2.85. The molecule has 24 heavy (non-hydrogen) atoms. The molecule has 6 heteroatoms. The molecule has 1 aromatic heterocycles. The molecule has 2 N–H and O–H groups in total. The molecule has 0 bridgehead atoms. The summed E-state index contributed by atoms with van der Waals surface area (Å²) < 4.78 is 1.83. The quantitative estimate of drug-likeness (QED) is 0.871. The molecular formula is C18H25ClN4O. The summed E-state index contributed by atoms with van der Waals surface area (Å²) in [5.74, 6) is 0.442. The molecule has 1 fully saturated rings. The highest BCUT2D eigenvalue weighted by Crippen LogP contribution is 2.30. The largest absolute Gasteiger partial charge is 0.396 e. The zero-order valence-electron chi connectivity index (χ0n) is 14.3. The van der Waals surface area contributed by atoms with Gasteiger partial charge < -0.3 is 15.3 Å². The first kappa shape index (κ1) is 17.1. The van der Waals surface area contributed by atoms with E-state index in [9.17, 15) is 5.11 Å². The minimum Gasteiger partial charge on any atom is -0.396 e.